The number of nitrogens with zero attached hydrogens (tertiary/aromatic N) is 6. The smallest absolute Gasteiger partial charge is 0.227 e. The maximum Gasteiger partial charge on any atom is 0.227 e. The summed E-state index contributed by atoms with van der Waals surface area (Å²) in [5.74, 6) is 1.91. The number of imidazole rings is 1. The van der Waals surface area contributed by atoms with Gasteiger partial charge in [0.25, 0.3) is 0 Å². The number of nitrogen functional groups attached to an aromatic ring is 1. The molecule has 3 N–H and O–H groups in total. The van der Waals surface area contributed by atoms with E-state index < -0.39 is 0 Å². The van der Waals surface area contributed by atoms with E-state index in [1.165, 1.54) is 0 Å². The fraction of sp³-hybridized carbons (Fsp3) is 0.320. The molecule has 1 aliphatic rings. The minimum atomic E-state index is 0.448. The first kappa shape index (κ1) is 22.0. The minimum Gasteiger partial charge on any atom is -0.494 e. The number of anilines is 4. The summed E-state index contributed by atoms with van der Waals surface area (Å²) in [4.78, 5) is 18.4. The number of benzene rings is 2. The van der Waals surface area contributed by atoms with Crippen LogP contribution < -0.4 is 20.7 Å². The average molecular weight is 459 g/mol. The number of hydrogen-bond acceptors (Lipinski definition) is 8. The maximum atomic E-state index is 6.48. The summed E-state index contributed by atoms with van der Waals surface area (Å²) in [7, 11) is 7.88. The summed E-state index contributed by atoms with van der Waals surface area (Å²) in [6.45, 7) is 1.91. The zero-order valence-corrected chi connectivity index (χ0v) is 20.0. The number of likely N-dealkylation sites (N-methyl/N-ethyl adjacent to an activating group) is 1. The third kappa shape index (κ3) is 3.99. The molecule has 34 heavy (non-hydrogen) atoms. The second kappa shape index (κ2) is 8.83. The van der Waals surface area contributed by atoms with Crippen LogP contribution in [-0.2, 0) is 7.05 Å². The molecule has 0 unspecified atom stereocenters. The number of hydrogen-bond donors (Lipinski definition) is 2. The Kier molecular flexibility index (Phi) is 5.70. The van der Waals surface area contributed by atoms with Gasteiger partial charge in [0.2, 0.25) is 5.95 Å². The van der Waals surface area contributed by atoms with E-state index in [1.54, 1.807) is 13.3 Å². The number of nitrogens with one attached hydrogen (secondary N) is 1. The Morgan fingerprint density at radius 3 is 2.71 bits per heavy atom. The van der Waals surface area contributed by atoms with E-state index in [1.807, 2.05) is 54.1 Å². The summed E-state index contributed by atoms with van der Waals surface area (Å²) >= 11 is 0. The van der Waals surface area contributed by atoms with Gasteiger partial charge in [-0.1, -0.05) is 12.1 Å². The van der Waals surface area contributed by atoms with Crippen molar-refractivity contribution in [2.75, 3.05) is 50.2 Å². The van der Waals surface area contributed by atoms with Gasteiger partial charge in [0, 0.05) is 38.4 Å². The summed E-state index contributed by atoms with van der Waals surface area (Å²) in [6, 6.07) is 14.3. The molecular weight excluding hydrogens is 428 g/mol. The van der Waals surface area contributed by atoms with Crippen LogP contribution in [0, 0.1) is 0 Å². The fourth-order valence-corrected chi connectivity index (χ4v) is 4.55. The van der Waals surface area contributed by atoms with E-state index in [4.69, 9.17) is 20.4 Å². The van der Waals surface area contributed by atoms with Gasteiger partial charge in [0.05, 0.1) is 35.2 Å². The first-order valence-electron chi connectivity index (χ1n) is 11.4. The number of fused-ring (bicyclic) bond motifs is 1. The van der Waals surface area contributed by atoms with E-state index in [-0.39, 0.29) is 0 Å². The van der Waals surface area contributed by atoms with Gasteiger partial charge in [0.1, 0.15) is 11.4 Å². The number of aromatic nitrogens is 4. The Morgan fingerprint density at radius 2 is 1.97 bits per heavy atom. The standard InChI is InChI=1S/C25H30N8O/c1-31(2)16-10-12-33(15-16)22-14-23(34-4)20(13-17(22)26)30-25-27-11-9-19(29-25)24-28-18-7-5-6-8-21(18)32(24)3/h5-9,11,13-14,16H,10,12,15,26H2,1-4H3,(H,27,29,30)/t16-/m0/s1. The fourth-order valence-electron chi connectivity index (χ4n) is 4.55. The van der Waals surface area contributed by atoms with Gasteiger partial charge in [-0.3, -0.25) is 0 Å². The molecule has 0 aliphatic carbocycles. The molecule has 0 amide bonds. The van der Waals surface area contributed by atoms with Crippen LogP contribution in [0.15, 0.2) is 48.7 Å². The lowest BCUT2D eigenvalue weighted by Crippen LogP contribution is -2.31. The molecule has 4 aromatic rings. The van der Waals surface area contributed by atoms with Crippen molar-refractivity contribution < 1.29 is 4.74 Å². The molecule has 1 atom stereocenters. The van der Waals surface area contributed by atoms with Gasteiger partial charge in [-0.05, 0) is 44.8 Å². The van der Waals surface area contributed by atoms with Crippen molar-refractivity contribution in [3.8, 4) is 17.3 Å². The molecule has 0 radical (unpaired) electrons. The van der Waals surface area contributed by atoms with Crippen LogP contribution in [-0.4, -0.2) is 64.8 Å². The first-order chi connectivity index (χ1) is 16.4. The number of aryl methyl sites for hydroxylation is 1. The molecule has 2 aromatic heterocycles. The summed E-state index contributed by atoms with van der Waals surface area (Å²) in [5.41, 5.74) is 11.6. The number of methoxy groups -OCH3 is 1. The molecule has 1 fully saturated rings. The Bertz CT molecular complexity index is 1330. The highest BCUT2D eigenvalue weighted by Gasteiger charge is 2.26. The lowest BCUT2D eigenvalue weighted by Gasteiger charge is -2.24. The number of ether oxygens (including phenoxy) is 1. The monoisotopic (exact) mass is 458 g/mol. The molecule has 3 heterocycles. The van der Waals surface area contributed by atoms with Crippen LogP contribution in [0.5, 0.6) is 5.75 Å². The van der Waals surface area contributed by atoms with E-state index in [9.17, 15) is 0 Å². The Morgan fingerprint density at radius 1 is 1.15 bits per heavy atom. The Labute approximate surface area is 199 Å². The van der Waals surface area contributed by atoms with Crippen molar-refractivity contribution in [1.29, 1.82) is 0 Å². The summed E-state index contributed by atoms with van der Waals surface area (Å²) in [5, 5.41) is 3.28. The van der Waals surface area contributed by atoms with Crippen LogP contribution in [0.4, 0.5) is 23.0 Å². The lowest BCUT2D eigenvalue weighted by molar-refractivity contribution is 0.315. The summed E-state index contributed by atoms with van der Waals surface area (Å²) < 4.78 is 7.73. The molecule has 9 nitrogen and oxygen atoms in total. The highest BCUT2D eigenvalue weighted by molar-refractivity contribution is 5.81. The second-order valence-corrected chi connectivity index (χ2v) is 8.84. The second-order valence-electron chi connectivity index (χ2n) is 8.84. The van der Waals surface area contributed by atoms with Crippen LogP contribution in [0.3, 0.4) is 0 Å². The van der Waals surface area contributed by atoms with Crippen molar-refractivity contribution in [3.63, 3.8) is 0 Å². The van der Waals surface area contributed by atoms with E-state index in [0.29, 0.717) is 29.1 Å². The molecule has 176 valence electrons. The quantitative estimate of drug-likeness (QED) is 0.424. The maximum absolute atomic E-state index is 6.48. The predicted octanol–water partition coefficient (Wildman–Crippen LogP) is 3.51. The highest BCUT2D eigenvalue weighted by atomic mass is 16.5. The van der Waals surface area contributed by atoms with Gasteiger partial charge in [0.15, 0.2) is 5.82 Å². The predicted molar refractivity (Wildman–Crippen MR) is 137 cm³/mol. The Hall–Kier alpha value is -3.85. The molecule has 0 spiro atoms. The SMILES string of the molecule is COc1cc(N2CC[C@H](N(C)C)C2)c(N)cc1Nc1nccc(-c2nc3ccccc3n2C)n1. The van der Waals surface area contributed by atoms with E-state index >= 15 is 0 Å². The third-order valence-electron chi connectivity index (χ3n) is 6.50. The molecule has 9 heteroatoms. The Balaban J connectivity index is 1.43. The zero-order chi connectivity index (χ0) is 23.8. The molecule has 0 saturated carbocycles. The molecule has 5 rings (SSSR count). The molecule has 0 bridgehead atoms. The number of nitrogens with two attached hydrogens (primary N) is 1. The minimum absolute atomic E-state index is 0.448. The van der Waals surface area contributed by atoms with Crippen molar-refractivity contribution in [2.24, 2.45) is 7.05 Å². The van der Waals surface area contributed by atoms with Gasteiger partial charge in [-0.15, -0.1) is 0 Å². The van der Waals surface area contributed by atoms with Crippen molar-refractivity contribution in [3.05, 3.63) is 48.7 Å². The zero-order valence-electron chi connectivity index (χ0n) is 20.0. The summed E-state index contributed by atoms with van der Waals surface area (Å²) in [6.07, 6.45) is 2.83. The highest BCUT2D eigenvalue weighted by Crippen LogP contribution is 2.38. The van der Waals surface area contributed by atoms with E-state index in [2.05, 4.69) is 34.2 Å². The topological polar surface area (TPSA) is 97.4 Å². The van der Waals surface area contributed by atoms with E-state index in [0.717, 1.165) is 47.7 Å². The largest absolute Gasteiger partial charge is 0.494 e. The van der Waals surface area contributed by atoms with Crippen molar-refractivity contribution >= 4 is 34.0 Å². The molecule has 2 aromatic carbocycles. The van der Waals surface area contributed by atoms with Crippen LogP contribution in [0.25, 0.3) is 22.6 Å². The molecular formula is C25H30N8O. The van der Waals surface area contributed by atoms with Crippen molar-refractivity contribution in [2.45, 2.75) is 12.5 Å². The first-order valence-corrected chi connectivity index (χ1v) is 11.4. The van der Waals surface area contributed by atoms with Crippen LogP contribution in [0.2, 0.25) is 0 Å². The van der Waals surface area contributed by atoms with Gasteiger partial charge in [-0.25, -0.2) is 15.0 Å². The number of para-hydroxylation sites is 2. The lowest BCUT2D eigenvalue weighted by atomic mass is 10.2. The van der Waals surface area contributed by atoms with Gasteiger partial charge in [-0.2, -0.15) is 0 Å². The van der Waals surface area contributed by atoms with Gasteiger partial charge < -0.3 is 30.2 Å². The molecule has 1 saturated heterocycles. The van der Waals surface area contributed by atoms with Crippen LogP contribution >= 0.6 is 0 Å². The van der Waals surface area contributed by atoms with Gasteiger partial charge >= 0.3 is 0 Å². The third-order valence-corrected chi connectivity index (χ3v) is 6.50. The average Bonchev–Trinajstić information content (AvgIpc) is 3.45. The number of rotatable bonds is 6. The normalized spacial score (nSPS) is 15.9. The van der Waals surface area contributed by atoms with Crippen LogP contribution in [0.1, 0.15) is 6.42 Å². The molecule has 1 aliphatic heterocycles. The van der Waals surface area contributed by atoms with Crippen molar-refractivity contribution in [1.82, 2.24) is 24.4 Å².